The molecule has 0 aliphatic rings. The lowest BCUT2D eigenvalue weighted by Gasteiger charge is -2.19. The van der Waals surface area contributed by atoms with E-state index >= 15 is 0 Å². The first-order chi connectivity index (χ1) is 11.8. The van der Waals surface area contributed by atoms with Gasteiger partial charge in [-0.3, -0.25) is 4.79 Å². The summed E-state index contributed by atoms with van der Waals surface area (Å²) in [4.78, 5) is 29.6. The maximum Gasteiger partial charge on any atom is 0.335 e. The quantitative estimate of drug-likeness (QED) is 0.872. The van der Waals surface area contributed by atoms with Gasteiger partial charge in [-0.25, -0.2) is 9.78 Å². The van der Waals surface area contributed by atoms with Crippen molar-refractivity contribution in [3.8, 4) is 17.1 Å². The van der Waals surface area contributed by atoms with Crippen molar-refractivity contribution in [2.45, 2.75) is 13.8 Å². The lowest BCUT2D eigenvalue weighted by atomic mass is 10.1. The number of methoxy groups -OCH3 is 1. The molecule has 0 radical (unpaired) electrons. The normalized spacial score (nSPS) is 10.6. The highest BCUT2D eigenvalue weighted by Crippen LogP contribution is 2.23. The Morgan fingerprint density at radius 1 is 1.16 bits per heavy atom. The van der Waals surface area contributed by atoms with Crippen molar-refractivity contribution in [1.29, 1.82) is 0 Å². The number of nitrogens with zero attached hydrogens (tertiary/aromatic N) is 2. The summed E-state index contributed by atoms with van der Waals surface area (Å²) in [7, 11) is 3.21. The third-order valence-electron chi connectivity index (χ3n) is 3.67. The molecule has 2 aromatic rings. The molecule has 1 aromatic heterocycles. The van der Waals surface area contributed by atoms with Crippen molar-refractivity contribution in [2.24, 2.45) is 5.92 Å². The molecule has 132 valence electrons. The summed E-state index contributed by atoms with van der Waals surface area (Å²) in [5.74, 6) is -0.482. The summed E-state index contributed by atoms with van der Waals surface area (Å²) >= 11 is 0. The molecule has 0 atom stereocenters. The Morgan fingerprint density at radius 2 is 1.80 bits per heavy atom. The van der Waals surface area contributed by atoms with Crippen molar-refractivity contribution in [3.05, 3.63) is 47.5 Å². The molecule has 0 aliphatic carbocycles. The molecule has 0 saturated carbocycles. The molecule has 6 heteroatoms. The van der Waals surface area contributed by atoms with Crippen LogP contribution < -0.4 is 4.74 Å². The number of benzene rings is 1. The van der Waals surface area contributed by atoms with E-state index < -0.39 is 5.97 Å². The zero-order chi connectivity index (χ0) is 18.6. The molecule has 1 aromatic carbocycles. The van der Waals surface area contributed by atoms with Gasteiger partial charge in [0, 0.05) is 30.8 Å². The molecular formula is C19H22N2O4. The minimum Gasteiger partial charge on any atom is -0.481 e. The van der Waals surface area contributed by atoms with E-state index in [0.29, 0.717) is 29.3 Å². The van der Waals surface area contributed by atoms with Gasteiger partial charge >= 0.3 is 5.97 Å². The molecule has 0 aliphatic heterocycles. The predicted molar refractivity (Wildman–Crippen MR) is 95.0 cm³/mol. The van der Waals surface area contributed by atoms with Crippen molar-refractivity contribution in [2.75, 3.05) is 20.7 Å². The highest BCUT2D eigenvalue weighted by atomic mass is 16.5. The average molecular weight is 342 g/mol. The Labute approximate surface area is 147 Å². The minimum absolute atomic E-state index is 0.0509. The van der Waals surface area contributed by atoms with Crippen LogP contribution >= 0.6 is 0 Å². The summed E-state index contributed by atoms with van der Waals surface area (Å²) in [5, 5.41) is 9.19. The molecule has 0 spiro atoms. The molecule has 1 N–H and O–H groups in total. The van der Waals surface area contributed by atoms with Gasteiger partial charge < -0.3 is 14.7 Å². The van der Waals surface area contributed by atoms with Crippen LogP contribution in [0.25, 0.3) is 11.3 Å². The van der Waals surface area contributed by atoms with E-state index in [1.54, 1.807) is 36.2 Å². The number of rotatable bonds is 6. The molecule has 2 rings (SSSR count). The van der Waals surface area contributed by atoms with Crippen LogP contribution in [0.15, 0.2) is 36.4 Å². The Bertz CT molecular complexity index is 769. The molecule has 1 amide bonds. The lowest BCUT2D eigenvalue weighted by Crippen LogP contribution is -2.30. The Kier molecular flexibility index (Phi) is 5.75. The molecule has 0 fully saturated rings. The number of pyridine rings is 1. The van der Waals surface area contributed by atoms with Gasteiger partial charge in [0.25, 0.3) is 5.91 Å². The third-order valence-corrected chi connectivity index (χ3v) is 3.67. The van der Waals surface area contributed by atoms with E-state index in [2.05, 4.69) is 18.8 Å². The first kappa shape index (κ1) is 18.4. The Morgan fingerprint density at radius 3 is 2.32 bits per heavy atom. The van der Waals surface area contributed by atoms with Gasteiger partial charge in [0.05, 0.1) is 18.4 Å². The van der Waals surface area contributed by atoms with Crippen LogP contribution in [0.1, 0.15) is 34.6 Å². The van der Waals surface area contributed by atoms with E-state index in [9.17, 15) is 14.7 Å². The maximum absolute atomic E-state index is 12.4. The Balaban J connectivity index is 2.29. The van der Waals surface area contributed by atoms with Gasteiger partial charge in [0.15, 0.2) is 0 Å². The van der Waals surface area contributed by atoms with Crippen LogP contribution in [0.2, 0.25) is 0 Å². The number of carbonyl (C=O) groups is 2. The van der Waals surface area contributed by atoms with Crippen molar-refractivity contribution in [1.82, 2.24) is 9.88 Å². The summed E-state index contributed by atoms with van der Waals surface area (Å²) in [6.45, 7) is 4.79. The molecule has 1 heterocycles. The van der Waals surface area contributed by atoms with Gasteiger partial charge in [0.2, 0.25) is 5.88 Å². The summed E-state index contributed by atoms with van der Waals surface area (Å²) in [5.41, 5.74) is 1.86. The summed E-state index contributed by atoms with van der Waals surface area (Å²) in [6.07, 6.45) is 0. The molecule has 25 heavy (non-hydrogen) atoms. The van der Waals surface area contributed by atoms with E-state index in [1.807, 2.05) is 0 Å². The second kappa shape index (κ2) is 7.79. The fraction of sp³-hybridized carbons (Fsp3) is 0.316. The number of carboxylic acids is 1. The highest BCUT2D eigenvalue weighted by molar-refractivity contribution is 5.94. The molecule has 0 bridgehead atoms. The number of hydrogen-bond acceptors (Lipinski definition) is 4. The van der Waals surface area contributed by atoms with Gasteiger partial charge in [-0.1, -0.05) is 26.0 Å². The second-order valence-electron chi connectivity index (χ2n) is 6.25. The highest BCUT2D eigenvalue weighted by Gasteiger charge is 2.14. The SMILES string of the molecule is COc1cc(C(=O)O)cc(-c2ccc(C(=O)N(C)CC(C)C)cc2)n1. The van der Waals surface area contributed by atoms with Crippen molar-refractivity contribution in [3.63, 3.8) is 0 Å². The first-order valence-corrected chi connectivity index (χ1v) is 7.97. The largest absolute Gasteiger partial charge is 0.481 e. The van der Waals surface area contributed by atoms with E-state index in [4.69, 9.17) is 4.74 Å². The monoisotopic (exact) mass is 342 g/mol. The topological polar surface area (TPSA) is 79.7 Å². The average Bonchev–Trinajstić information content (AvgIpc) is 2.60. The standard InChI is InChI=1S/C19H22N2O4/c1-12(2)11-21(3)18(22)14-7-5-13(6-8-14)16-9-15(19(23)24)10-17(20-16)25-4/h5-10,12H,11H2,1-4H3,(H,23,24). The van der Waals surface area contributed by atoms with Crippen molar-refractivity contribution < 1.29 is 19.4 Å². The van der Waals surface area contributed by atoms with Crippen LogP contribution in [-0.2, 0) is 0 Å². The number of aromatic nitrogens is 1. The van der Waals surface area contributed by atoms with Crippen LogP contribution in [0.4, 0.5) is 0 Å². The number of amides is 1. The van der Waals surface area contributed by atoms with E-state index in [-0.39, 0.29) is 17.4 Å². The molecule has 6 nitrogen and oxygen atoms in total. The smallest absolute Gasteiger partial charge is 0.335 e. The molecular weight excluding hydrogens is 320 g/mol. The van der Waals surface area contributed by atoms with Gasteiger partial charge in [-0.2, -0.15) is 0 Å². The summed E-state index contributed by atoms with van der Waals surface area (Å²) < 4.78 is 5.06. The van der Waals surface area contributed by atoms with Gasteiger partial charge in [-0.05, 0) is 24.1 Å². The second-order valence-corrected chi connectivity index (χ2v) is 6.25. The molecule has 0 saturated heterocycles. The number of ether oxygens (including phenoxy) is 1. The fourth-order valence-corrected chi connectivity index (χ4v) is 2.52. The number of carbonyl (C=O) groups excluding carboxylic acids is 1. The summed E-state index contributed by atoms with van der Waals surface area (Å²) in [6, 6.07) is 9.79. The van der Waals surface area contributed by atoms with Crippen LogP contribution in [0.5, 0.6) is 5.88 Å². The number of aromatic carboxylic acids is 1. The minimum atomic E-state index is -1.05. The molecule has 0 unspecified atom stereocenters. The Hall–Kier alpha value is -2.89. The van der Waals surface area contributed by atoms with Gasteiger partial charge in [-0.15, -0.1) is 0 Å². The lowest BCUT2D eigenvalue weighted by molar-refractivity contribution is 0.0695. The van der Waals surface area contributed by atoms with Gasteiger partial charge in [0.1, 0.15) is 0 Å². The number of carboxylic acid groups (broad SMARTS) is 1. The zero-order valence-corrected chi connectivity index (χ0v) is 14.8. The first-order valence-electron chi connectivity index (χ1n) is 7.97. The van der Waals surface area contributed by atoms with Crippen molar-refractivity contribution >= 4 is 11.9 Å². The van der Waals surface area contributed by atoms with E-state index in [0.717, 1.165) is 0 Å². The zero-order valence-electron chi connectivity index (χ0n) is 14.8. The fourth-order valence-electron chi connectivity index (χ4n) is 2.52. The van der Waals surface area contributed by atoms with Crippen LogP contribution in [0.3, 0.4) is 0 Å². The maximum atomic E-state index is 12.4. The van der Waals surface area contributed by atoms with Crippen LogP contribution in [-0.4, -0.2) is 47.6 Å². The van der Waals surface area contributed by atoms with Crippen LogP contribution in [0, 0.1) is 5.92 Å². The predicted octanol–water partition coefficient (Wildman–Crippen LogP) is 3.18. The van der Waals surface area contributed by atoms with E-state index in [1.165, 1.54) is 19.2 Å². The number of hydrogen-bond donors (Lipinski definition) is 1. The third kappa shape index (κ3) is 4.56.